The molecule has 362 valence electrons. The van der Waals surface area contributed by atoms with Crippen molar-refractivity contribution in [3.8, 4) is 22.3 Å². The lowest BCUT2D eigenvalue weighted by Gasteiger charge is -2.43. The maximum atomic E-state index is 7.47. The SMILES string of the molecule is Cc1cc(-c2csc3ccccc23)cc(C)c1N1c2cc(C(C)(C)C)cc3c2B(c2c1oc1ccc(C(C)(C)C)cc21)c1c(oc2ccc(C(C)(C)C)cc12)N3c1c(C)cc(-c2csc3ccccc23)cc1C. The minimum Gasteiger partial charge on any atom is -0.440 e. The van der Waals surface area contributed by atoms with E-state index in [-0.39, 0.29) is 23.0 Å². The monoisotopic (exact) mass is 988 g/mol. The number of fused-ring (bicyclic) bond motifs is 10. The molecule has 73 heavy (non-hydrogen) atoms. The Kier molecular flexibility index (Phi) is 10.00. The van der Waals surface area contributed by atoms with Gasteiger partial charge in [0, 0.05) is 64.4 Å². The second kappa shape index (κ2) is 15.9. The first kappa shape index (κ1) is 46.0. The molecule has 0 spiro atoms. The van der Waals surface area contributed by atoms with Gasteiger partial charge in [0.05, 0.1) is 11.4 Å². The molecule has 0 saturated heterocycles. The van der Waals surface area contributed by atoms with Crippen LogP contribution in [0.1, 0.15) is 101 Å². The lowest BCUT2D eigenvalue weighted by molar-refractivity contribution is 0.587. The van der Waals surface area contributed by atoms with Gasteiger partial charge in [0.2, 0.25) is 11.8 Å². The van der Waals surface area contributed by atoms with Crippen molar-refractivity contribution in [2.75, 3.05) is 9.80 Å². The Morgan fingerprint density at radius 1 is 0.411 bits per heavy atom. The first-order valence-electron chi connectivity index (χ1n) is 25.8. The standard InChI is InChI=1S/C66H61BN2O2S2/c1-36-26-40(49-34-72-55-20-16-14-18-45(49)55)27-37(2)60(36)68-51-32-44(66(11,12)13)33-52-59(51)67(57-47-30-42(64(5,6)7)22-24-53(47)70-62(57)68)58-48-31-43(65(8,9)10)23-25-54(48)71-63(58)69(52)61-38(3)28-41(29-39(61)4)50-35-73-56-21-17-15-19-46(50)56/h14-35H,1-13H3. The minimum absolute atomic E-state index is 0.0821. The number of aryl methyl sites for hydroxylation is 4. The molecular weight excluding hydrogens is 928 g/mol. The van der Waals surface area contributed by atoms with Crippen molar-refractivity contribution in [3.05, 3.63) is 171 Å². The molecule has 0 radical (unpaired) electrons. The summed E-state index contributed by atoms with van der Waals surface area (Å²) in [5, 5.41) is 9.52. The Morgan fingerprint density at radius 3 is 1.18 bits per heavy atom. The van der Waals surface area contributed by atoms with E-state index in [9.17, 15) is 0 Å². The fourth-order valence-electron chi connectivity index (χ4n) is 12.2. The molecule has 2 aliphatic heterocycles. The molecule has 0 amide bonds. The summed E-state index contributed by atoms with van der Waals surface area (Å²) in [5.41, 5.74) is 23.2. The second-order valence-corrected chi connectivity index (χ2v) is 25.9. The topological polar surface area (TPSA) is 32.8 Å². The molecule has 4 aromatic heterocycles. The van der Waals surface area contributed by atoms with E-state index in [1.807, 2.05) is 22.7 Å². The summed E-state index contributed by atoms with van der Waals surface area (Å²) < 4.78 is 17.5. The minimum atomic E-state index is -0.210. The average Bonchev–Trinajstić information content (AvgIpc) is 4.14. The molecule has 2 aliphatic rings. The molecule has 6 heterocycles. The van der Waals surface area contributed by atoms with Crippen molar-refractivity contribution < 1.29 is 8.83 Å². The van der Waals surface area contributed by atoms with Crippen LogP contribution in [0.25, 0.3) is 64.4 Å². The van der Waals surface area contributed by atoms with E-state index >= 15 is 0 Å². The zero-order valence-corrected chi connectivity index (χ0v) is 45.9. The van der Waals surface area contributed by atoms with Crippen LogP contribution in [0.4, 0.5) is 34.5 Å². The van der Waals surface area contributed by atoms with Crippen molar-refractivity contribution >= 4 is 122 Å². The second-order valence-electron chi connectivity index (χ2n) is 24.1. The quantitative estimate of drug-likeness (QED) is 0.165. The molecule has 0 atom stereocenters. The first-order chi connectivity index (χ1) is 34.7. The smallest absolute Gasteiger partial charge is 0.262 e. The van der Waals surface area contributed by atoms with E-state index in [0.29, 0.717) is 0 Å². The van der Waals surface area contributed by atoms with Gasteiger partial charge in [-0.3, -0.25) is 9.80 Å². The maximum absolute atomic E-state index is 7.47. The van der Waals surface area contributed by atoms with Crippen LogP contribution in [0.3, 0.4) is 0 Å². The third-order valence-corrected chi connectivity index (χ3v) is 17.8. The highest BCUT2D eigenvalue weighted by Crippen LogP contribution is 2.52. The van der Waals surface area contributed by atoms with Gasteiger partial charge in [0.25, 0.3) is 6.71 Å². The summed E-state index contributed by atoms with van der Waals surface area (Å²) in [6.45, 7) is 29.8. The summed E-state index contributed by atoms with van der Waals surface area (Å²) >= 11 is 3.63. The Bertz CT molecular complexity index is 3820. The average molecular weight is 989 g/mol. The van der Waals surface area contributed by atoms with Crippen molar-refractivity contribution in [2.24, 2.45) is 0 Å². The molecule has 13 rings (SSSR count). The molecular formula is C66H61BN2O2S2. The van der Waals surface area contributed by atoms with Gasteiger partial charge >= 0.3 is 0 Å². The van der Waals surface area contributed by atoms with Crippen LogP contribution in [0.2, 0.25) is 0 Å². The highest BCUT2D eigenvalue weighted by atomic mass is 32.1. The lowest BCUT2D eigenvalue weighted by atomic mass is 9.33. The number of hydrogen-bond donors (Lipinski definition) is 0. The molecule has 7 heteroatoms. The molecule has 0 unspecified atom stereocenters. The zero-order chi connectivity index (χ0) is 50.8. The summed E-state index contributed by atoms with van der Waals surface area (Å²) in [5.74, 6) is 1.74. The van der Waals surface area contributed by atoms with Crippen molar-refractivity contribution in [1.29, 1.82) is 0 Å². The first-order valence-corrected chi connectivity index (χ1v) is 27.6. The van der Waals surface area contributed by atoms with Gasteiger partial charge in [-0.15, -0.1) is 22.7 Å². The van der Waals surface area contributed by atoms with Gasteiger partial charge in [-0.1, -0.05) is 111 Å². The van der Waals surface area contributed by atoms with E-state index < -0.39 is 0 Å². The lowest BCUT2D eigenvalue weighted by Crippen LogP contribution is -2.61. The number of benzene rings is 7. The van der Waals surface area contributed by atoms with Gasteiger partial charge in [-0.25, -0.2) is 0 Å². The van der Waals surface area contributed by atoms with E-state index in [0.717, 1.165) is 56.5 Å². The Balaban J connectivity index is 1.15. The van der Waals surface area contributed by atoms with Gasteiger partial charge in [-0.05, 0) is 183 Å². The zero-order valence-electron chi connectivity index (χ0n) is 44.3. The van der Waals surface area contributed by atoms with Crippen LogP contribution in [-0.2, 0) is 16.2 Å². The van der Waals surface area contributed by atoms with Crippen LogP contribution >= 0.6 is 22.7 Å². The highest BCUT2D eigenvalue weighted by Gasteiger charge is 2.50. The Hall–Kier alpha value is -6.80. The van der Waals surface area contributed by atoms with E-state index in [2.05, 4.69) is 232 Å². The fraction of sp³-hybridized carbons (Fsp3) is 0.242. The van der Waals surface area contributed by atoms with Crippen LogP contribution in [0.15, 0.2) is 141 Å². The highest BCUT2D eigenvalue weighted by molar-refractivity contribution is 7.18. The predicted molar refractivity (Wildman–Crippen MR) is 317 cm³/mol. The third kappa shape index (κ3) is 6.98. The molecule has 7 aromatic carbocycles. The number of nitrogens with zero attached hydrogens (tertiary/aromatic N) is 2. The molecule has 11 aromatic rings. The fourth-order valence-corrected chi connectivity index (χ4v) is 14.1. The number of furan rings is 2. The van der Waals surface area contributed by atoms with Gasteiger partial charge in [-0.2, -0.15) is 0 Å². The van der Waals surface area contributed by atoms with Crippen molar-refractivity contribution in [2.45, 2.75) is 106 Å². The molecule has 0 bridgehead atoms. The van der Waals surface area contributed by atoms with Crippen LogP contribution in [0, 0.1) is 27.7 Å². The molecule has 0 aliphatic carbocycles. The van der Waals surface area contributed by atoms with Gasteiger partial charge in [0.15, 0.2) is 0 Å². The Labute approximate surface area is 438 Å². The van der Waals surface area contributed by atoms with Crippen molar-refractivity contribution in [1.82, 2.24) is 0 Å². The summed E-state index contributed by atoms with van der Waals surface area (Å²) in [4.78, 5) is 5.01. The largest absolute Gasteiger partial charge is 0.440 e. The molecule has 0 N–H and O–H groups in total. The number of hydrogen-bond acceptors (Lipinski definition) is 6. The molecule has 0 fully saturated rings. The predicted octanol–water partition coefficient (Wildman–Crippen LogP) is 18.2. The van der Waals surface area contributed by atoms with Gasteiger partial charge in [0.1, 0.15) is 11.2 Å². The number of rotatable bonds is 4. The normalized spacial score (nSPS) is 13.7. The number of anilines is 6. The van der Waals surface area contributed by atoms with E-state index in [1.54, 1.807) is 0 Å². The summed E-state index contributed by atoms with van der Waals surface area (Å²) in [7, 11) is 0. The molecule has 4 nitrogen and oxygen atoms in total. The Morgan fingerprint density at radius 2 is 0.795 bits per heavy atom. The summed E-state index contributed by atoms with van der Waals surface area (Å²) in [6.07, 6.45) is 0. The van der Waals surface area contributed by atoms with Crippen molar-refractivity contribution in [3.63, 3.8) is 0 Å². The third-order valence-electron chi connectivity index (χ3n) is 15.9. The van der Waals surface area contributed by atoms with Crippen LogP contribution < -0.4 is 26.2 Å². The molecule has 0 saturated carbocycles. The van der Waals surface area contributed by atoms with Crippen LogP contribution in [0.5, 0.6) is 0 Å². The maximum Gasteiger partial charge on any atom is 0.262 e. The summed E-state index contributed by atoms with van der Waals surface area (Å²) in [6, 6.07) is 45.9. The van der Waals surface area contributed by atoms with E-state index in [4.69, 9.17) is 8.83 Å². The van der Waals surface area contributed by atoms with E-state index in [1.165, 1.54) is 97.8 Å². The number of thiophene rings is 2. The van der Waals surface area contributed by atoms with Crippen LogP contribution in [-0.4, -0.2) is 6.71 Å². The van der Waals surface area contributed by atoms with Gasteiger partial charge < -0.3 is 8.83 Å².